The second kappa shape index (κ2) is 9.51. The summed E-state index contributed by atoms with van der Waals surface area (Å²) in [5, 5.41) is 10.5. The Hall–Kier alpha value is -3.55. The van der Waals surface area contributed by atoms with Gasteiger partial charge in [-0.1, -0.05) is 18.9 Å². The van der Waals surface area contributed by atoms with Gasteiger partial charge >= 0.3 is 6.03 Å². The number of carbonyl (C=O) groups is 1. The van der Waals surface area contributed by atoms with Gasteiger partial charge in [0.1, 0.15) is 11.5 Å². The Morgan fingerprint density at radius 1 is 1.10 bits per heavy atom. The van der Waals surface area contributed by atoms with Crippen LogP contribution in [0.5, 0.6) is 11.5 Å². The van der Waals surface area contributed by atoms with Gasteiger partial charge in [-0.3, -0.25) is 9.67 Å². The first-order valence-electron chi connectivity index (χ1n) is 10.4. The quantitative estimate of drug-likeness (QED) is 0.590. The largest absolute Gasteiger partial charge is 0.497 e. The highest BCUT2D eigenvalue weighted by Crippen LogP contribution is 2.33. The predicted molar refractivity (Wildman–Crippen MR) is 118 cm³/mol. The van der Waals surface area contributed by atoms with Gasteiger partial charge < -0.3 is 20.1 Å². The number of amides is 2. The lowest BCUT2D eigenvalue weighted by molar-refractivity contribution is 0.251. The Morgan fingerprint density at radius 3 is 2.48 bits per heavy atom. The Bertz CT molecular complexity index is 1010. The molecule has 1 aromatic carbocycles. The molecule has 0 unspecified atom stereocenters. The highest BCUT2D eigenvalue weighted by Gasteiger charge is 2.22. The normalized spacial score (nSPS) is 13.7. The second-order valence-corrected chi connectivity index (χ2v) is 7.53. The molecule has 31 heavy (non-hydrogen) atoms. The van der Waals surface area contributed by atoms with Crippen molar-refractivity contribution in [3.05, 3.63) is 54.4 Å². The average molecular weight is 422 g/mol. The molecule has 1 saturated carbocycles. The molecule has 1 fully saturated rings. The molecule has 0 bridgehead atoms. The van der Waals surface area contributed by atoms with E-state index in [1.807, 2.05) is 24.3 Å². The van der Waals surface area contributed by atoms with Crippen molar-refractivity contribution in [3.8, 4) is 22.9 Å². The van der Waals surface area contributed by atoms with E-state index in [1.165, 1.54) is 12.8 Å². The van der Waals surface area contributed by atoms with Crippen molar-refractivity contribution in [2.45, 2.75) is 38.3 Å². The van der Waals surface area contributed by atoms with Gasteiger partial charge in [-0.2, -0.15) is 5.10 Å². The van der Waals surface area contributed by atoms with E-state index in [4.69, 9.17) is 14.6 Å². The van der Waals surface area contributed by atoms with Crippen molar-refractivity contribution in [3.63, 3.8) is 0 Å². The average Bonchev–Trinajstić information content (AvgIpc) is 3.48. The van der Waals surface area contributed by atoms with E-state index in [9.17, 15) is 4.79 Å². The highest BCUT2D eigenvalue weighted by molar-refractivity contribution is 5.89. The molecule has 1 aliphatic rings. The summed E-state index contributed by atoms with van der Waals surface area (Å²) >= 11 is 0. The van der Waals surface area contributed by atoms with E-state index in [0.29, 0.717) is 29.8 Å². The lowest BCUT2D eigenvalue weighted by Crippen LogP contribution is -2.28. The van der Waals surface area contributed by atoms with E-state index in [-0.39, 0.29) is 6.03 Å². The number of rotatable bonds is 7. The zero-order valence-corrected chi connectivity index (χ0v) is 17.8. The van der Waals surface area contributed by atoms with E-state index >= 15 is 0 Å². The van der Waals surface area contributed by atoms with E-state index in [0.717, 1.165) is 29.9 Å². The molecule has 0 atom stereocenters. The number of ether oxygens (including phenoxy) is 2. The van der Waals surface area contributed by atoms with E-state index in [1.54, 1.807) is 38.6 Å². The standard InChI is InChI=1S/C23H27N5O3/c1-30-19-11-16(12-20(14-19)31-2)26-23(29)25-15-17-13-22(21-9-5-6-10-24-21)28(27-17)18-7-3-4-8-18/h5-6,9-14,18H,3-4,7-8,15H2,1-2H3,(H2,25,26,29). The molecule has 8 heteroatoms. The monoisotopic (exact) mass is 421 g/mol. The molecule has 8 nitrogen and oxygen atoms in total. The van der Waals surface area contributed by atoms with Gasteiger partial charge in [0.2, 0.25) is 0 Å². The minimum atomic E-state index is -0.329. The molecule has 0 radical (unpaired) electrons. The highest BCUT2D eigenvalue weighted by atomic mass is 16.5. The Balaban J connectivity index is 1.46. The number of urea groups is 1. The number of nitrogens with zero attached hydrogens (tertiary/aromatic N) is 3. The van der Waals surface area contributed by atoms with Gasteiger partial charge in [0.25, 0.3) is 0 Å². The first kappa shape index (κ1) is 20.7. The molecule has 1 aliphatic carbocycles. The van der Waals surface area contributed by atoms with Gasteiger partial charge in [0, 0.05) is 30.1 Å². The van der Waals surface area contributed by atoms with Crippen LogP contribution in [0.4, 0.5) is 10.5 Å². The van der Waals surface area contributed by atoms with Gasteiger partial charge in [-0.25, -0.2) is 4.79 Å². The van der Waals surface area contributed by atoms with Crippen LogP contribution in [-0.4, -0.2) is 35.0 Å². The summed E-state index contributed by atoms with van der Waals surface area (Å²) in [5.74, 6) is 1.20. The molecule has 2 amide bonds. The van der Waals surface area contributed by atoms with Crippen LogP contribution in [0, 0.1) is 0 Å². The maximum absolute atomic E-state index is 12.5. The third-order valence-corrected chi connectivity index (χ3v) is 5.42. The molecule has 0 spiro atoms. The van der Waals surface area contributed by atoms with Crippen LogP contribution in [0.2, 0.25) is 0 Å². The minimum Gasteiger partial charge on any atom is -0.497 e. The smallest absolute Gasteiger partial charge is 0.319 e. The third-order valence-electron chi connectivity index (χ3n) is 5.42. The number of nitrogens with one attached hydrogen (secondary N) is 2. The van der Waals surface area contributed by atoms with Crippen LogP contribution in [0.3, 0.4) is 0 Å². The zero-order chi connectivity index (χ0) is 21.6. The van der Waals surface area contributed by atoms with E-state index < -0.39 is 0 Å². The third kappa shape index (κ3) is 4.96. The molecule has 4 rings (SSSR count). The number of hydrogen-bond acceptors (Lipinski definition) is 5. The summed E-state index contributed by atoms with van der Waals surface area (Å²) in [6.45, 7) is 0.312. The van der Waals surface area contributed by atoms with Crippen molar-refractivity contribution in [1.82, 2.24) is 20.1 Å². The lowest BCUT2D eigenvalue weighted by atomic mass is 10.2. The second-order valence-electron chi connectivity index (χ2n) is 7.53. The Kier molecular flexibility index (Phi) is 6.35. The van der Waals surface area contributed by atoms with Crippen LogP contribution in [-0.2, 0) is 6.54 Å². The fourth-order valence-corrected chi connectivity index (χ4v) is 3.89. The number of hydrogen-bond donors (Lipinski definition) is 2. The first-order chi connectivity index (χ1) is 15.2. The van der Waals surface area contributed by atoms with Gasteiger partial charge in [-0.05, 0) is 31.0 Å². The van der Waals surface area contributed by atoms with Crippen molar-refractivity contribution in [2.24, 2.45) is 0 Å². The topological polar surface area (TPSA) is 90.3 Å². The van der Waals surface area contributed by atoms with Crippen LogP contribution >= 0.6 is 0 Å². The fourth-order valence-electron chi connectivity index (χ4n) is 3.89. The molecule has 0 saturated heterocycles. The number of benzene rings is 1. The summed E-state index contributed by atoms with van der Waals surface area (Å²) in [5.41, 5.74) is 3.26. The fraction of sp³-hybridized carbons (Fsp3) is 0.348. The molecule has 3 aromatic rings. The van der Waals surface area contributed by atoms with Crippen molar-refractivity contribution < 1.29 is 14.3 Å². The first-order valence-corrected chi connectivity index (χ1v) is 10.4. The maximum atomic E-state index is 12.5. The van der Waals surface area contributed by atoms with Crippen LogP contribution < -0.4 is 20.1 Å². The van der Waals surface area contributed by atoms with Crippen LogP contribution in [0.15, 0.2) is 48.7 Å². The summed E-state index contributed by atoms with van der Waals surface area (Å²) < 4.78 is 12.6. The molecule has 2 aromatic heterocycles. The van der Waals surface area contributed by atoms with Gasteiger partial charge in [0.15, 0.2) is 0 Å². The summed E-state index contributed by atoms with van der Waals surface area (Å²) in [4.78, 5) is 16.9. The molecule has 2 heterocycles. The summed E-state index contributed by atoms with van der Waals surface area (Å²) in [7, 11) is 3.14. The summed E-state index contributed by atoms with van der Waals surface area (Å²) in [6.07, 6.45) is 6.45. The van der Waals surface area contributed by atoms with E-state index in [2.05, 4.69) is 20.3 Å². The zero-order valence-electron chi connectivity index (χ0n) is 17.8. The number of anilines is 1. The molecule has 0 aliphatic heterocycles. The summed E-state index contributed by atoms with van der Waals surface area (Å²) in [6, 6.07) is 13.1. The van der Waals surface area contributed by atoms with Crippen LogP contribution in [0.1, 0.15) is 37.4 Å². The minimum absolute atomic E-state index is 0.312. The Labute approximate surface area is 181 Å². The number of aromatic nitrogens is 3. The maximum Gasteiger partial charge on any atom is 0.319 e. The van der Waals surface area contributed by atoms with Crippen molar-refractivity contribution in [2.75, 3.05) is 19.5 Å². The van der Waals surface area contributed by atoms with Gasteiger partial charge in [0.05, 0.1) is 43.9 Å². The molecule has 2 N–H and O–H groups in total. The Morgan fingerprint density at radius 2 is 1.84 bits per heavy atom. The SMILES string of the molecule is COc1cc(NC(=O)NCc2cc(-c3ccccn3)n(C3CCCC3)n2)cc(OC)c1. The molecular weight excluding hydrogens is 394 g/mol. The van der Waals surface area contributed by atoms with Crippen molar-refractivity contribution >= 4 is 11.7 Å². The lowest BCUT2D eigenvalue weighted by Gasteiger charge is -2.13. The molecular formula is C23H27N5O3. The molecule has 162 valence electrons. The number of methoxy groups -OCH3 is 2. The van der Waals surface area contributed by atoms with Crippen molar-refractivity contribution in [1.29, 1.82) is 0 Å². The number of pyridine rings is 1. The van der Waals surface area contributed by atoms with Gasteiger partial charge in [-0.15, -0.1) is 0 Å². The van der Waals surface area contributed by atoms with Crippen LogP contribution in [0.25, 0.3) is 11.4 Å². The predicted octanol–water partition coefficient (Wildman–Crippen LogP) is 4.40. The number of carbonyl (C=O) groups excluding carboxylic acids is 1.